The van der Waals surface area contributed by atoms with E-state index in [9.17, 15) is 0 Å². The highest BCUT2D eigenvalue weighted by Gasteiger charge is 2.06. The molecule has 0 fully saturated rings. The summed E-state index contributed by atoms with van der Waals surface area (Å²) in [6.07, 6.45) is 1.85. The summed E-state index contributed by atoms with van der Waals surface area (Å²) in [6.45, 7) is 8.95. The molecule has 134 valence electrons. The number of aromatic nitrogens is 1. The van der Waals surface area contributed by atoms with Crippen LogP contribution >= 0.6 is 0 Å². The van der Waals surface area contributed by atoms with E-state index in [1.54, 1.807) is 0 Å². The average molecular weight is 339 g/mol. The topological polar surface area (TPSA) is 52.2 Å². The molecule has 5 heteroatoms. The number of hydrogen-bond donors (Lipinski definition) is 3. The highest BCUT2D eigenvalue weighted by atomic mass is 15.2. The Morgan fingerprint density at radius 3 is 2.40 bits per heavy atom. The first-order chi connectivity index (χ1) is 12.4. The third-order valence-electron chi connectivity index (χ3n) is 4.50. The summed E-state index contributed by atoms with van der Waals surface area (Å²) in [4.78, 5) is 6.86. The van der Waals surface area contributed by atoms with Gasteiger partial charge < -0.3 is 16.0 Å². The number of hydrogen-bond acceptors (Lipinski definition) is 5. The van der Waals surface area contributed by atoms with Gasteiger partial charge in [-0.1, -0.05) is 30.3 Å². The van der Waals surface area contributed by atoms with E-state index in [1.165, 1.54) is 11.1 Å². The quantitative estimate of drug-likeness (QED) is 0.719. The van der Waals surface area contributed by atoms with Crippen molar-refractivity contribution in [2.45, 2.75) is 19.6 Å². The zero-order valence-electron chi connectivity index (χ0n) is 14.9. The van der Waals surface area contributed by atoms with E-state index < -0.39 is 0 Å². The summed E-state index contributed by atoms with van der Waals surface area (Å²) >= 11 is 0. The molecule has 2 bridgehead atoms. The molecule has 25 heavy (non-hydrogen) atoms. The Kier molecular flexibility index (Phi) is 7.39. The van der Waals surface area contributed by atoms with Crippen LogP contribution in [-0.2, 0) is 19.6 Å². The maximum Gasteiger partial charge on any atom is 0.0541 e. The third-order valence-corrected chi connectivity index (χ3v) is 4.50. The Balaban J connectivity index is 1.41. The van der Waals surface area contributed by atoms with Gasteiger partial charge in [-0.25, -0.2) is 0 Å². The third kappa shape index (κ3) is 6.55. The molecule has 0 radical (unpaired) electrons. The number of nitrogens with zero attached hydrogens (tertiary/aromatic N) is 2. The molecule has 1 aromatic heterocycles. The highest BCUT2D eigenvalue weighted by Crippen LogP contribution is 2.05. The maximum atomic E-state index is 4.35. The van der Waals surface area contributed by atoms with Gasteiger partial charge in [0.2, 0.25) is 0 Å². The lowest BCUT2D eigenvalue weighted by Gasteiger charge is -2.23. The number of rotatable bonds is 5. The molecule has 1 aliphatic rings. The minimum Gasteiger partial charge on any atom is -0.311 e. The number of fused-ring (bicyclic) bond motifs is 2. The summed E-state index contributed by atoms with van der Waals surface area (Å²) in [5.74, 6) is 0. The highest BCUT2D eigenvalue weighted by molar-refractivity contribution is 5.23. The van der Waals surface area contributed by atoms with Gasteiger partial charge in [-0.3, -0.25) is 9.88 Å². The summed E-state index contributed by atoms with van der Waals surface area (Å²) in [7, 11) is 0. The molecule has 2 heterocycles. The van der Waals surface area contributed by atoms with Crippen LogP contribution in [0.4, 0.5) is 0 Å². The first-order valence-electron chi connectivity index (χ1n) is 9.22. The van der Waals surface area contributed by atoms with Gasteiger partial charge in [-0.2, -0.15) is 0 Å². The minimum absolute atomic E-state index is 0.833. The van der Waals surface area contributed by atoms with Crippen LogP contribution in [0.1, 0.15) is 16.8 Å². The van der Waals surface area contributed by atoms with Crippen molar-refractivity contribution in [1.29, 1.82) is 0 Å². The fraction of sp³-hybridized carbons (Fsp3) is 0.450. The van der Waals surface area contributed by atoms with E-state index in [2.05, 4.69) is 56.2 Å². The molecular formula is C20H29N5. The van der Waals surface area contributed by atoms with Crippen molar-refractivity contribution in [3.8, 4) is 0 Å². The summed E-state index contributed by atoms with van der Waals surface area (Å²) in [5, 5.41) is 10.6. The van der Waals surface area contributed by atoms with E-state index in [1.807, 2.05) is 18.3 Å². The maximum absolute atomic E-state index is 4.35. The number of pyridine rings is 1. The minimum atomic E-state index is 0.833. The van der Waals surface area contributed by atoms with Gasteiger partial charge in [0, 0.05) is 65.1 Å². The van der Waals surface area contributed by atoms with Crippen molar-refractivity contribution in [1.82, 2.24) is 25.8 Å². The molecule has 3 rings (SSSR count). The molecule has 1 aliphatic heterocycles. The monoisotopic (exact) mass is 339 g/mol. The summed E-state index contributed by atoms with van der Waals surface area (Å²) in [5.41, 5.74) is 3.83. The average Bonchev–Trinajstić information content (AvgIpc) is 2.65. The first kappa shape index (κ1) is 18.0. The zero-order valence-corrected chi connectivity index (χ0v) is 14.9. The zero-order chi connectivity index (χ0) is 17.2. The smallest absolute Gasteiger partial charge is 0.0541 e. The second-order valence-electron chi connectivity index (χ2n) is 6.51. The largest absolute Gasteiger partial charge is 0.311 e. The second-order valence-corrected chi connectivity index (χ2v) is 6.51. The van der Waals surface area contributed by atoms with E-state index in [0.717, 1.165) is 64.6 Å². The van der Waals surface area contributed by atoms with E-state index >= 15 is 0 Å². The van der Waals surface area contributed by atoms with Crippen LogP contribution in [0.5, 0.6) is 0 Å². The van der Waals surface area contributed by atoms with Crippen molar-refractivity contribution >= 4 is 0 Å². The van der Waals surface area contributed by atoms with Crippen LogP contribution in [0.2, 0.25) is 0 Å². The molecule has 0 saturated heterocycles. The molecule has 2 aromatic rings. The lowest BCUT2D eigenvalue weighted by atomic mass is 10.1. The molecule has 0 spiro atoms. The van der Waals surface area contributed by atoms with Crippen LogP contribution in [-0.4, -0.2) is 49.2 Å². The molecule has 3 N–H and O–H groups in total. The Hall–Kier alpha value is -1.79. The van der Waals surface area contributed by atoms with Crippen molar-refractivity contribution in [2.24, 2.45) is 0 Å². The van der Waals surface area contributed by atoms with Crippen molar-refractivity contribution < 1.29 is 0 Å². The standard InChI is InChI=1S/C20H29N5/c1-2-7-24-20(6-1)17-23-10-13-25-11-8-21-15-18-4-3-5-19(14-18)16-22-9-12-25/h1-7,14,21-23H,8-13,15-17H2. The van der Waals surface area contributed by atoms with Crippen LogP contribution in [0.25, 0.3) is 0 Å². The van der Waals surface area contributed by atoms with Gasteiger partial charge in [-0.15, -0.1) is 0 Å². The van der Waals surface area contributed by atoms with E-state index in [4.69, 9.17) is 0 Å². The molecule has 0 atom stereocenters. The fourth-order valence-corrected chi connectivity index (χ4v) is 3.08. The molecule has 0 unspecified atom stereocenters. The van der Waals surface area contributed by atoms with E-state index in [-0.39, 0.29) is 0 Å². The molecule has 0 aliphatic carbocycles. The SMILES string of the molecule is c1ccc(CNCCN2CCNCc3cccc(c3)CNCC2)nc1. The van der Waals surface area contributed by atoms with Gasteiger partial charge >= 0.3 is 0 Å². The normalized spacial score (nSPS) is 16.8. The van der Waals surface area contributed by atoms with Crippen LogP contribution in [0.3, 0.4) is 0 Å². The lowest BCUT2D eigenvalue weighted by molar-refractivity contribution is 0.270. The van der Waals surface area contributed by atoms with Gasteiger partial charge in [0.1, 0.15) is 0 Å². The molecule has 1 aromatic carbocycles. The predicted molar refractivity (Wildman–Crippen MR) is 102 cm³/mol. The van der Waals surface area contributed by atoms with Crippen LogP contribution < -0.4 is 16.0 Å². The fourth-order valence-electron chi connectivity index (χ4n) is 3.08. The van der Waals surface area contributed by atoms with Crippen molar-refractivity contribution in [2.75, 3.05) is 39.3 Å². The van der Waals surface area contributed by atoms with Crippen molar-refractivity contribution in [3.63, 3.8) is 0 Å². The predicted octanol–water partition coefficient (Wildman–Crippen LogP) is 1.37. The Morgan fingerprint density at radius 2 is 1.72 bits per heavy atom. The molecule has 5 nitrogen and oxygen atoms in total. The van der Waals surface area contributed by atoms with Crippen LogP contribution in [0, 0.1) is 0 Å². The number of benzene rings is 1. The molecule has 0 saturated carbocycles. The van der Waals surface area contributed by atoms with E-state index in [0.29, 0.717) is 0 Å². The second kappa shape index (κ2) is 10.3. The van der Waals surface area contributed by atoms with Gasteiger partial charge in [0.15, 0.2) is 0 Å². The Bertz CT molecular complexity index is 589. The first-order valence-corrected chi connectivity index (χ1v) is 9.22. The van der Waals surface area contributed by atoms with Gasteiger partial charge in [-0.05, 0) is 23.3 Å². The summed E-state index contributed by atoms with van der Waals surface area (Å²) < 4.78 is 0. The lowest BCUT2D eigenvalue weighted by Crippen LogP contribution is -2.40. The molecular weight excluding hydrogens is 310 g/mol. The number of nitrogens with one attached hydrogen (secondary N) is 3. The van der Waals surface area contributed by atoms with Gasteiger partial charge in [0.25, 0.3) is 0 Å². The van der Waals surface area contributed by atoms with Gasteiger partial charge in [0.05, 0.1) is 5.69 Å². The summed E-state index contributed by atoms with van der Waals surface area (Å²) in [6, 6.07) is 14.9. The van der Waals surface area contributed by atoms with Crippen molar-refractivity contribution in [3.05, 3.63) is 65.5 Å². The van der Waals surface area contributed by atoms with Crippen LogP contribution in [0.15, 0.2) is 48.7 Å². The Labute approximate surface area is 150 Å². The molecule has 0 amide bonds. The Morgan fingerprint density at radius 1 is 0.960 bits per heavy atom.